The van der Waals surface area contributed by atoms with E-state index in [1.807, 2.05) is 12.1 Å². The van der Waals surface area contributed by atoms with Crippen LogP contribution in [0, 0.1) is 0 Å². The van der Waals surface area contributed by atoms with Gasteiger partial charge in [0.25, 0.3) is 0 Å². The first-order valence-electron chi connectivity index (χ1n) is 3.71. The number of fused-ring (bicyclic) bond motifs is 1. The SMILES string of the molecule is OCC1Cc2cccc(Cl)c21. The Morgan fingerprint density at radius 1 is 1.55 bits per heavy atom. The van der Waals surface area contributed by atoms with E-state index in [0.717, 1.165) is 17.0 Å². The van der Waals surface area contributed by atoms with Crippen LogP contribution in [0.15, 0.2) is 18.2 Å². The predicted molar refractivity (Wildman–Crippen MR) is 45.0 cm³/mol. The minimum atomic E-state index is 0.219. The Balaban J connectivity index is 2.43. The number of rotatable bonds is 1. The molecule has 0 saturated heterocycles. The minimum Gasteiger partial charge on any atom is -0.396 e. The van der Waals surface area contributed by atoms with Crippen molar-refractivity contribution in [1.29, 1.82) is 0 Å². The highest BCUT2D eigenvalue weighted by molar-refractivity contribution is 6.31. The van der Waals surface area contributed by atoms with E-state index in [9.17, 15) is 0 Å². The summed E-state index contributed by atoms with van der Waals surface area (Å²) in [7, 11) is 0. The molecule has 0 bridgehead atoms. The summed E-state index contributed by atoms with van der Waals surface area (Å²) in [6.07, 6.45) is 0.979. The summed E-state index contributed by atoms with van der Waals surface area (Å²) in [5, 5.41) is 9.70. The van der Waals surface area contributed by atoms with Crippen molar-refractivity contribution >= 4 is 11.6 Å². The summed E-state index contributed by atoms with van der Waals surface area (Å²) >= 11 is 5.93. The third-order valence-electron chi connectivity index (χ3n) is 2.24. The van der Waals surface area contributed by atoms with Crippen molar-refractivity contribution in [2.45, 2.75) is 12.3 Å². The molecule has 1 aliphatic carbocycles. The zero-order valence-electron chi connectivity index (χ0n) is 6.05. The van der Waals surface area contributed by atoms with Crippen LogP contribution >= 0.6 is 11.6 Å². The molecule has 0 saturated carbocycles. The molecule has 0 amide bonds. The Hall–Kier alpha value is -0.530. The van der Waals surface area contributed by atoms with Gasteiger partial charge in [-0.05, 0) is 23.6 Å². The van der Waals surface area contributed by atoms with E-state index < -0.39 is 0 Å². The van der Waals surface area contributed by atoms with E-state index in [1.165, 1.54) is 5.56 Å². The smallest absolute Gasteiger partial charge is 0.0503 e. The number of halogens is 1. The van der Waals surface area contributed by atoms with Crippen LogP contribution in [0.3, 0.4) is 0 Å². The maximum atomic E-state index is 8.90. The Kier molecular flexibility index (Phi) is 1.63. The number of hydrogen-bond donors (Lipinski definition) is 1. The molecule has 1 nitrogen and oxygen atoms in total. The molecule has 0 heterocycles. The molecule has 0 radical (unpaired) electrons. The molecule has 0 fully saturated rings. The lowest BCUT2D eigenvalue weighted by molar-refractivity contribution is 0.253. The van der Waals surface area contributed by atoms with Crippen molar-refractivity contribution in [3.63, 3.8) is 0 Å². The predicted octanol–water partition coefficient (Wildman–Crippen LogP) is 1.97. The second-order valence-electron chi connectivity index (χ2n) is 2.90. The molecule has 2 heteroatoms. The first-order valence-corrected chi connectivity index (χ1v) is 4.09. The normalized spacial score (nSPS) is 20.7. The zero-order valence-corrected chi connectivity index (χ0v) is 6.80. The van der Waals surface area contributed by atoms with Crippen molar-refractivity contribution in [3.8, 4) is 0 Å². The van der Waals surface area contributed by atoms with Crippen LogP contribution in [-0.4, -0.2) is 11.7 Å². The topological polar surface area (TPSA) is 20.2 Å². The van der Waals surface area contributed by atoms with Crippen LogP contribution in [0.1, 0.15) is 17.0 Å². The first kappa shape index (κ1) is 7.14. The van der Waals surface area contributed by atoms with Gasteiger partial charge in [0, 0.05) is 10.9 Å². The fraction of sp³-hybridized carbons (Fsp3) is 0.333. The van der Waals surface area contributed by atoms with E-state index in [2.05, 4.69) is 6.07 Å². The largest absolute Gasteiger partial charge is 0.396 e. The third kappa shape index (κ3) is 0.959. The van der Waals surface area contributed by atoms with Gasteiger partial charge >= 0.3 is 0 Å². The number of aliphatic hydroxyl groups is 1. The van der Waals surface area contributed by atoms with Crippen LogP contribution < -0.4 is 0 Å². The van der Waals surface area contributed by atoms with Crippen LogP contribution in [-0.2, 0) is 6.42 Å². The van der Waals surface area contributed by atoms with E-state index in [4.69, 9.17) is 16.7 Å². The molecule has 1 N–H and O–H groups in total. The van der Waals surface area contributed by atoms with Crippen molar-refractivity contribution in [2.75, 3.05) is 6.61 Å². The highest BCUT2D eigenvalue weighted by atomic mass is 35.5. The van der Waals surface area contributed by atoms with Gasteiger partial charge < -0.3 is 5.11 Å². The second kappa shape index (κ2) is 2.50. The van der Waals surface area contributed by atoms with Crippen LogP contribution in [0.4, 0.5) is 0 Å². The molecule has 1 aromatic carbocycles. The number of aliphatic hydroxyl groups excluding tert-OH is 1. The van der Waals surface area contributed by atoms with Gasteiger partial charge in [-0.1, -0.05) is 23.7 Å². The third-order valence-corrected chi connectivity index (χ3v) is 2.57. The summed E-state index contributed by atoms with van der Waals surface area (Å²) < 4.78 is 0. The lowest BCUT2D eigenvalue weighted by Crippen LogP contribution is -2.20. The first-order chi connectivity index (χ1) is 5.33. The lowest BCUT2D eigenvalue weighted by Gasteiger charge is -2.29. The van der Waals surface area contributed by atoms with Gasteiger partial charge in [-0.25, -0.2) is 0 Å². The fourth-order valence-electron chi connectivity index (χ4n) is 1.61. The van der Waals surface area contributed by atoms with Crippen LogP contribution in [0.5, 0.6) is 0 Å². The molecule has 1 unspecified atom stereocenters. The Bertz CT molecular complexity index is 269. The van der Waals surface area contributed by atoms with Gasteiger partial charge in [-0.3, -0.25) is 0 Å². The molecule has 1 aliphatic rings. The quantitative estimate of drug-likeness (QED) is 0.680. The summed E-state index contributed by atoms with van der Waals surface area (Å²) in [5.74, 6) is 0.290. The average Bonchev–Trinajstić information content (AvgIpc) is 1.93. The van der Waals surface area contributed by atoms with Gasteiger partial charge in [-0.15, -0.1) is 0 Å². The Labute approximate surface area is 70.6 Å². The van der Waals surface area contributed by atoms with Gasteiger partial charge in [0.2, 0.25) is 0 Å². The van der Waals surface area contributed by atoms with E-state index in [-0.39, 0.29) is 6.61 Å². The van der Waals surface area contributed by atoms with Crippen molar-refractivity contribution in [2.24, 2.45) is 0 Å². The summed E-state index contributed by atoms with van der Waals surface area (Å²) in [6, 6.07) is 5.89. The van der Waals surface area contributed by atoms with Crippen LogP contribution in [0.2, 0.25) is 5.02 Å². The monoisotopic (exact) mass is 168 g/mol. The van der Waals surface area contributed by atoms with Gasteiger partial charge in [0.05, 0.1) is 6.61 Å². The molecule has 1 aromatic rings. The Morgan fingerprint density at radius 3 is 3.00 bits per heavy atom. The molecule has 0 aliphatic heterocycles. The van der Waals surface area contributed by atoms with Crippen molar-refractivity contribution in [3.05, 3.63) is 34.3 Å². The molecule has 11 heavy (non-hydrogen) atoms. The molecule has 1 atom stereocenters. The van der Waals surface area contributed by atoms with Gasteiger partial charge in [-0.2, -0.15) is 0 Å². The van der Waals surface area contributed by atoms with Gasteiger partial charge in [0.1, 0.15) is 0 Å². The molecular weight excluding hydrogens is 160 g/mol. The summed E-state index contributed by atoms with van der Waals surface area (Å²) in [6.45, 7) is 0.219. The second-order valence-corrected chi connectivity index (χ2v) is 3.30. The van der Waals surface area contributed by atoms with E-state index in [0.29, 0.717) is 5.92 Å². The molecule has 0 aromatic heterocycles. The minimum absolute atomic E-state index is 0.219. The lowest BCUT2D eigenvalue weighted by atomic mass is 9.78. The number of benzene rings is 1. The maximum absolute atomic E-state index is 8.90. The Morgan fingerprint density at radius 2 is 2.36 bits per heavy atom. The molecular formula is C9H9ClO. The summed E-state index contributed by atoms with van der Waals surface area (Å²) in [4.78, 5) is 0. The summed E-state index contributed by atoms with van der Waals surface area (Å²) in [5.41, 5.74) is 2.44. The van der Waals surface area contributed by atoms with Gasteiger partial charge in [0.15, 0.2) is 0 Å². The molecule has 2 rings (SSSR count). The van der Waals surface area contributed by atoms with E-state index in [1.54, 1.807) is 0 Å². The maximum Gasteiger partial charge on any atom is 0.0503 e. The standard InChI is InChI=1S/C9H9ClO/c10-8-3-1-2-6-4-7(5-11)9(6)8/h1-3,7,11H,4-5H2. The highest BCUT2D eigenvalue weighted by Gasteiger charge is 2.27. The average molecular weight is 169 g/mol. The van der Waals surface area contributed by atoms with Crippen molar-refractivity contribution < 1.29 is 5.11 Å². The van der Waals surface area contributed by atoms with Crippen LogP contribution in [0.25, 0.3) is 0 Å². The van der Waals surface area contributed by atoms with E-state index >= 15 is 0 Å². The fourth-order valence-corrected chi connectivity index (χ4v) is 1.96. The van der Waals surface area contributed by atoms with Crippen molar-refractivity contribution in [1.82, 2.24) is 0 Å². The molecule has 0 spiro atoms. The molecule has 58 valence electrons. The zero-order chi connectivity index (χ0) is 7.84. The number of hydrogen-bond acceptors (Lipinski definition) is 1. The highest BCUT2D eigenvalue weighted by Crippen LogP contribution is 2.39.